The Morgan fingerprint density at radius 2 is 1.81 bits per heavy atom. The average molecular weight is 325 g/mol. The van der Waals surface area contributed by atoms with Crippen molar-refractivity contribution >= 4 is 31.7 Å². The molecule has 0 aliphatic carbocycles. The Bertz CT molecular complexity index is 541. The van der Waals surface area contributed by atoms with Crippen LogP contribution in [0.5, 0.6) is 0 Å². The number of thioether (sulfide) groups is 1. The molecule has 4 nitrogen and oxygen atoms in total. The Kier molecular flexibility index (Phi) is 6.04. The summed E-state index contributed by atoms with van der Waals surface area (Å²) in [7, 11) is -1.09. The van der Waals surface area contributed by atoms with Gasteiger partial charge in [0.05, 0.1) is 19.2 Å². The number of amides is 2. The van der Waals surface area contributed by atoms with Gasteiger partial charge in [0.15, 0.2) is 0 Å². The zero-order valence-electron chi connectivity index (χ0n) is 13.1. The molecule has 2 amide bonds. The van der Waals surface area contributed by atoms with Gasteiger partial charge in [0.25, 0.3) is 0 Å². The lowest BCUT2D eigenvalue weighted by Gasteiger charge is -2.19. The lowest BCUT2D eigenvalue weighted by molar-refractivity contribution is 0.0966. The third kappa shape index (κ3) is 5.21. The van der Waals surface area contributed by atoms with Crippen molar-refractivity contribution < 1.29 is 9.59 Å². The molecule has 0 fully saturated rings. The third-order valence-corrected chi connectivity index (χ3v) is 8.06. The zero-order chi connectivity index (χ0) is 16.2. The first-order valence-corrected chi connectivity index (χ1v) is 11.8. The number of hydrogen-bond acceptors (Lipinski definition) is 3. The smallest absolute Gasteiger partial charge is 0.249 e. The third-order valence-electron chi connectivity index (χ3n) is 3.04. The molecule has 6 heteroatoms. The van der Waals surface area contributed by atoms with Gasteiger partial charge < -0.3 is 11.5 Å². The van der Waals surface area contributed by atoms with Gasteiger partial charge in [-0.15, -0.1) is 0 Å². The highest BCUT2D eigenvalue weighted by atomic mass is 32.2. The molecule has 21 heavy (non-hydrogen) atoms. The predicted octanol–water partition coefficient (Wildman–Crippen LogP) is 2.60. The Morgan fingerprint density at radius 1 is 1.19 bits per heavy atom. The highest BCUT2D eigenvalue weighted by Crippen LogP contribution is 2.27. The van der Waals surface area contributed by atoms with Crippen LogP contribution in [0.2, 0.25) is 19.6 Å². The van der Waals surface area contributed by atoms with E-state index in [-0.39, 0.29) is 17.0 Å². The maximum absolute atomic E-state index is 11.7. The standard InChI is InChI=1S/C15H24N2O2SSi/c1-10(8-20-9-21(2,3)4)11-6-5-7-12(14(16)18)13(11)15(17)19/h5-7,10H,8-9H2,1-4H3,(H2,16,18)(H2,17,19). The van der Waals surface area contributed by atoms with Gasteiger partial charge in [0.1, 0.15) is 0 Å². The fraction of sp³-hybridized carbons (Fsp3) is 0.467. The van der Waals surface area contributed by atoms with Crippen molar-refractivity contribution in [1.82, 2.24) is 0 Å². The van der Waals surface area contributed by atoms with Crippen LogP contribution in [0.4, 0.5) is 0 Å². The molecule has 1 rings (SSSR count). The summed E-state index contributed by atoms with van der Waals surface area (Å²) >= 11 is 1.89. The SMILES string of the molecule is CC(CSC[Si](C)(C)C)c1cccc(C(N)=O)c1C(N)=O. The van der Waals surface area contributed by atoms with E-state index in [1.807, 2.05) is 24.8 Å². The maximum Gasteiger partial charge on any atom is 0.249 e. The van der Waals surface area contributed by atoms with Crippen molar-refractivity contribution in [3.05, 3.63) is 34.9 Å². The van der Waals surface area contributed by atoms with Crippen LogP contribution >= 0.6 is 11.8 Å². The zero-order valence-corrected chi connectivity index (χ0v) is 14.9. The van der Waals surface area contributed by atoms with E-state index in [0.29, 0.717) is 0 Å². The molecule has 0 saturated heterocycles. The monoisotopic (exact) mass is 324 g/mol. The summed E-state index contributed by atoms with van der Waals surface area (Å²) < 4.78 is 0. The minimum absolute atomic E-state index is 0.146. The van der Waals surface area contributed by atoms with E-state index < -0.39 is 19.9 Å². The van der Waals surface area contributed by atoms with Gasteiger partial charge in [-0.3, -0.25) is 9.59 Å². The number of benzene rings is 1. The fourth-order valence-corrected chi connectivity index (χ4v) is 5.55. The second kappa shape index (κ2) is 7.13. The molecule has 0 aliphatic rings. The summed E-state index contributed by atoms with van der Waals surface area (Å²) in [5.74, 6) is -0.172. The molecule has 1 aromatic rings. The van der Waals surface area contributed by atoms with Crippen LogP contribution in [0.3, 0.4) is 0 Å². The summed E-state index contributed by atoms with van der Waals surface area (Å²) in [6.45, 7) is 9.03. The summed E-state index contributed by atoms with van der Waals surface area (Å²) in [5, 5.41) is 1.17. The first-order valence-electron chi connectivity index (χ1n) is 6.93. The van der Waals surface area contributed by atoms with Crippen molar-refractivity contribution in [2.75, 3.05) is 11.1 Å². The van der Waals surface area contributed by atoms with Gasteiger partial charge in [-0.1, -0.05) is 38.7 Å². The molecule has 1 aromatic carbocycles. The van der Waals surface area contributed by atoms with Crippen LogP contribution in [0.1, 0.15) is 39.1 Å². The Hall–Kier alpha value is -1.27. The molecule has 0 radical (unpaired) electrons. The number of carbonyl (C=O) groups is 2. The average Bonchev–Trinajstić information content (AvgIpc) is 2.35. The molecular formula is C15H24N2O2SSi. The number of nitrogens with two attached hydrogens (primary N) is 2. The molecule has 1 unspecified atom stereocenters. The largest absolute Gasteiger partial charge is 0.366 e. The first kappa shape index (κ1) is 17.8. The minimum atomic E-state index is -1.09. The Balaban J connectivity index is 2.99. The lowest BCUT2D eigenvalue weighted by Crippen LogP contribution is -2.25. The normalized spacial score (nSPS) is 13.0. The number of carbonyl (C=O) groups excluding carboxylic acids is 2. The first-order chi connectivity index (χ1) is 9.63. The van der Waals surface area contributed by atoms with Crippen LogP contribution < -0.4 is 11.5 Å². The fourth-order valence-electron chi connectivity index (χ4n) is 2.09. The molecule has 1 atom stereocenters. The van der Waals surface area contributed by atoms with Crippen LogP contribution in [-0.4, -0.2) is 31.0 Å². The van der Waals surface area contributed by atoms with E-state index in [4.69, 9.17) is 11.5 Å². The number of primary amides is 2. The molecule has 0 bridgehead atoms. The molecule has 0 saturated carbocycles. The van der Waals surface area contributed by atoms with Crippen molar-refractivity contribution in [2.45, 2.75) is 32.5 Å². The van der Waals surface area contributed by atoms with Gasteiger partial charge >= 0.3 is 0 Å². The highest BCUT2D eigenvalue weighted by Gasteiger charge is 2.21. The van der Waals surface area contributed by atoms with Gasteiger partial charge in [-0.25, -0.2) is 0 Å². The van der Waals surface area contributed by atoms with Crippen LogP contribution in [0.15, 0.2) is 18.2 Å². The summed E-state index contributed by atoms with van der Waals surface area (Å²) in [6.07, 6.45) is 0. The van der Waals surface area contributed by atoms with Crippen molar-refractivity contribution in [2.24, 2.45) is 11.5 Å². The van der Waals surface area contributed by atoms with Gasteiger partial charge in [-0.05, 0) is 28.7 Å². The van der Waals surface area contributed by atoms with Gasteiger partial charge in [0, 0.05) is 0 Å². The maximum atomic E-state index is 11.7. The van der Waals surface area contributed by atoms with Crippen LogP contribution in [-0.2, 0) is 0 Å². The van der Waals surface area contributed by atoms with Crippen molar-refractivity contribution in [1.29, 1.82) is 0 Å². The molecule has 0 aliphatic heterocycles. The van der Waals surface area contributed by atoms with E-state index in [1.165, 1.54) is 5.38 Å². The summed E-state index contributed by atoms with van der Waals surface area (Å²) in [6, 6.07) is 5.15. The quantitative estimate of drug-likeness (QED) is 0.756. The molecule has 4 N–H and O–H groups in total. The van der Waals surface area contributed by atoms with Crippen LogP contribution in [0.25, 0.3) is 0 Å². The molecule has 0 spiro atoms. The van der Waals surface area contributed by atoms with Gasteiger partial charge in [-0.2, -0.15) is 11.8 Å². The molecule has 0 aromatic heterocycles. The summed E-state index contributed by atoms with van der Waals surface area (Å²) in [4.78, 5) is 23.2. The van der Waals surface area contributed by atoms with E-state index in [1.54, 1.807) is 12.1 Å². The van der Waals surface area contributed by atoms with E-state index >= 15 is 0 Å². The Labute approximate surface area is 131 Å². The molecule has 116 valence electrons. The molecule has 0 heterocycles. The van der Waals surface area contributed by atoms with E-state index in [0.717, 1.165) is 11.3 Å². The lowest BCUT2D eigenvalue weighted by atomic mass is 9.92. The van der Waals surface area contributed by atoms with E-state index in [2.05, 4.69) is 19.6 Å². The topological polar surface area (TPSA) is 86.2 Å². The predicted molar refractivity (Wildman–Crippen MR) is 92.6 cm³/mol. The van der Waals surface area contributed by atoms with Crippen LogP contribution in [0, 0.1) is 0 Å². The number of rotatable bonds is 7. The molecular weight excluding hydrogens is 300 g/mol. The van der Waals surface area contributed by atoms with Crippen molar-refractivity contribution in [3.8, 4) is 0 Å². The van der Waals surface area contributed by atoms with Gasteiger partial charge in [0.2, 0.25) is 11.8 Å². The second-order valence-corrected chi connectivity index (χ2v) is 13.5. The number of hydrogen-bond donors (Lipinski definition) is 2. The summed E-state index contributed by atoms with van der Waals surface area (Å²) in [5.41, 5.74) is 12.1. The minimum Gasteiger partial charge on any atom is -0.366 e. The van der Waals surface area contributed by atoms with E-state index in [9.17, 15) is 9.59 Å². The highest BCUT2D eigenvalue weighted by molar-refractivity contribution is 8.00. The second-order valence-electron chi connectivity index (χ2n) is 6.48. The Morgan fingerprint density at radius 3 is 2.29 bits per heavy atom. The van der Waals surface area contributed by atoms with Crippen molar-refractivity contribution in [3.63, 3.8) is 0 Å².